The maximum absolute atomic E-state index is 6.22. The molecule has 1 unspecified atom stereocenters. The molecule has 0 spiro atoms. The van der Waals surface area contributed by atoms with E-state index in [-0.39, 0.29) is 0 Å². The van der Waals surface area contributed by atoms with Crippen LogP contribution < -0.4 is 0 Å². The van der Waals surface area contributed by atoms with Gasteiger partial charge in [0.1, 0.15) is 0 Å². The number of rotatable bonds is 2. The minimum Gasteiger partial charge on any atom is -0.0840 e. The second-order valence-electron chi connectivity index (χ2n) is 4.96. The second kappa shape index (κ2) is 5.16. The molecular formula is C17H19Cl. The van der Waals surface area contributed by atoms with Crippen molar-refractivity contribution in [3.63, 3.8) is 0 Å². The minimum atomic E-state index is 0.378. The van der Waals surface area contributed by atoms with Crippen molar-refractivity contribution in [2.45, 2.75) is 33.6 Å². The van der Waals surface area contributed by atoms with Crippen LogP contribution in [0.15, 0.2) is 36.4 Å². The Kier molecular flexibility index (Phi) is 3.77. The molecule has 94 valence electrons. The molecule has 0 saturated heterocycles. The van der Waals surface area contributed by atoms with Gasteiger partial charge in [-0.25, -0.2) is 0 Å². The molecule has 0 radical (unpaired) electrons. The Hall–Kier alpha value is -1.27. The Morgan fingerprint density at radius 3 is 2.06 bits per heavy atom. The molecule has 2 aromatic carbocycles. The second-order valence-corrected chi connectivity index (χ2v) is 5.37. The quantitative estimate of drug-likeness (QED) is 0.675. The number of hydrogen-bond donors (Lipinski definition) is 0. The van der Waals surface area contributed by atoms with E-state index < -0.39 is 0 Å². The monoisotopic (exact) mass is 258 g/mol. The Morgan fingerprint density at radius 2 is 1.39 bits per heavy atom. The predicted molar refractivity (Wildman–Crippen MR) is 79.6 cm³/mol. The first kappa shape index (κ1) is 13.2. The largest absolute Gasteiger partial charge is 0.0840 e. The molecule has 18 heavy (non-hydrogen) atoms. The summed E-state index contributed by atoms with van der Waals surface area (Å²) in [5.41, 5.74) is 6.62. The van der Waals surface area contributed by atoms with Crippen molar-refractivity contribution in [3.05, 3.63) is 69.2 Å². The average Bonchev–Trinajstić information content (AvgIpc) is 2.35. The van der Waals surface area contributed by atoms with Gasteiger partial charge in [-0.05, 0) is 54.7 Å². The summed E-state index contributed by atoms with van der Waals surface area (Å²) in [6.45, 7) is 8.71. The summed E-state index contributed by atoms with van der Waals surface area (Å²) in [7, 11) is 0. The summed E-state index contributed by atoms with van der Waals surface area (Å²) in [5, 5.41) is 0.852. The molecule has 0 fully saturated rings. The molecule has 0 bridgehead atoms. The highest BCUT2D eigenvalue weighted by Crippen LogP contribution is 2.32. The smallest absolute Gasteiger partial charge is 0.0438 e. The first-order valence-electron chi connectivity index (χ1n) is 6.33. The average molecular weight is 259 g/mol. The van der Waals surface area contributed by atoms with Gasteiger partial charge < -0.3 is 0 Å². The van der Waals surface area contributed by atoms with Gasteiger partial charge in [0.15, 0.2) is 0 Å². The van der Waals surface area contributed by atoms with Gasteiger partial charge in [-0.3, -0.25) is 0 Å². The summed E-state index contributed by atoms with van der Waals surface area (Å²) in [6.07, 6.45) is 0. The molecule has 0 amide bonds. The van der Waals surface area contributed by atoms with Crippen LogP contribution in [-0.4, -0.2) is 0 Å². The normalized spacial score (nSPS) is 12.5. The molecule has 0 saturated carbocycles. The van der Waals surface area contributed by atoms with Crippen molar-refractivity contribution < 1.29 is 0 Å². The first-order chi connectivity index (χ1) is 8.52. The highest BCUT2D eigenvalue weighted by Gasteiger charge is 2.14. The number of benzene rings is 2. The van der Waals surface area contributed by atoms with Crippen molar-refractivity contribution in [3.8, 4) is 0 Å². The van der Waals surface area contributed by atoms with E-state index in [4.69, 9.17) is 11.6 Å². The zero-order valence-electron chi connectivity index (χ0n) is 11.4. The molecule has 2 aromatic rings. The Morgan fingerprint density at radius 1 is 0.833 bits per heavy atom. The van der Waals surface area contributed by atoms with Crippen LogP contribution in [0.1, 0.15) is 40.7 Å². The van der Waals surface area contributed by atoms with Crippen LogP contribution >= 0.6 is 11.6 Å². The fourth-order valence-corrected chi connectivity index (χ4v) is 2.69. The van der Waals surface area contributed by atoms with Crippen molar-refractivity contribution in [1.29, 1.82) is 0 Å². The van der Waals surface area contributed by atoms with Crippen molar-refractivity contribution >= 4 is 11.6 Å². The van der Waals surface area contributed by atoms with E-state index in [1.54, 1.807) is 0 Å². The van der Waals surface area contributed by atoms with Gasteiger partial charge in [0, 0.05) is 10.9 Å². The summed E-state index contributed by atoms with van der Waals surface area (Å²) < 4.78 is 0. The van der Waals surface area contributed by atoms with Gasteiger partial charge in [-0.1, -0.05) is 48.9 Å². The zero-order valence-corrected chi connectivity index (χ0v) is 12.2. The van der Waals surface area contributed by atoms with E-state index in [0.717, 1.165) is 5.02 Å². The summed E-state index contributed by atoms with van der Waals surface area (Å²) in [6, 6.07) is 12.7. The van der Waals surface area contributed by atoms with Crippen molar-refractivity contribution in [1.82, 2.24) is 0 Å². The molecule has 0 aliphatic carbocycles. The molecule has 2 rings (SSSR count). The maximum atomic E-state index is 6.22. The van der Waals surface area contributed by atoms with Gasteiger partial charge in [0.05, 0.1) is 0 Å². The number of aryl methyl sites for hydroxylation is 1. The van der Waals surface area contributed by atoms with E-state index in [1.165, 1.54) is 27.8 Å². The third kappa shape index (κ3) is 2.30. The Labute approximate surface area is 115 Å². The number of hydrogen-bond acceptors (Lipinski definition) is 0. The minimum absolute atomic E-state index is 0.378. The molecule has 0 nitrogen and oxygen atoms in total. The van der Waals surface area contributed by atoms with Crippen LogP contribution in [0, 0.1) is 20.8 Å². The van der Waals surface area contributed by atoms with E-state index >= 15 is 0 Å². The van der Waals surface area contributed by atoms with E-state index in [9.17, 15) is 0 Å². The molecule has 0 aliphatic heterocycles. The molecule has 0 N–H and O–H groups in total. The fourth-order valence-electron chi connectivity index (χ4n) is 2.50. The lowest BCUT2D eigenvalue weighted by Crippen LogP contribution is -2.02. The number of halogens is 1. The SMILES string of the molecule is Cc1cccc(C(C)c2cccc(Cl)c2C)c1C. The fraction of sp³-hybridized carbons (Fsp3) is 0.294. The lowest BCUT2D eigenvalue weighted by atomic mass is 9.86. The van der Waals surface area contributed by atoms with Gasteiger partial charge in [0.2, 0.25) is 0 Å². The third-order valence-electron chi connectivity index (χ3n) is 3.89. The molecule has 1 atom stereocenters. The highest BCUT2D eigenvalue weighted by atomic mass is 35.5. The van der Waals surface area contributed by atoms with Crippen LogP contribution in [0.3, 0.4) is 0 Å². The highest BCUT2D eigenvalue weighted by molar-refractivity contribution is 6.31. The Bertz CT molecular complexity index is 518. The van der Waals surface area contributed by atoms with E-state index in [2.05, 4.69) is 52.0 Å². The van der Waals surface area contributed by atoms with E-state index in [0.29, 0.717) is 5.92 Å². The third-order valence-corrected chi connectivity index (χ3v) is 4.30. The van der Waals surface area contributed by atoms with Gasteiger partial charge in [-0.2, -0.15) is 0 Å². The lowest BCUT2D eigenvalue weighted by molar-refractivity contribution is 0.895. The maximum Gasteiger partial charge on any atom is 0.0438 e. The van der Waals surface area contributed by atoms with Gasteiger partial charge >= 0.3 is 0 Å². The molecular weight excluding hydrogens is 240 g/mol. The topological polar surface area (TPSA) is 0 Å². The van der Waals surface area contributed by atoms with Crippen LogP contribution in [0.4, 0.5) is 0 Å². The predicted octanol–water partition coefficient (Wildman–Crippen LogP) is 5.42. The summed E-state index contributed by atoms with van der Waals surface area (Å²) in [5.74, 6) is 0.378. The summed E-state index contributed by atoms with van der Waals surface area (Å²) >= 11 is 6.22. The van der Waals surface area contributed by atoms with Crippen LogP contribution in [0.2, 0.25) is 5.02 Å². The van der Waals surface area contributed by atoms with Gasteiger partial charge in [-0.15, -0.1) is 0 Å². The first-order valence-corrected chi connectivity index (χ1v) is 6.71. The van der Waals surface area contributed by atoms with Gasteiger partial charge in [0.25, 0.3) is 0 Å². The lowest BCUT2D eigenvalue weighted by Gasteiger charge is -2.19. The molecule has 1 heteroatoms. The molecule has 0 aromatic heterocycles. The molecule has 0 aliphatic rings. The van der Waals surface area contributed by atoms with E-state index in [1.807, 2.05) is 12.1 Å². The van der Waals surface area contributed by atoms with Crippen molar-refractivity contribution in [2.24, 2.45) is 0 Å². The standard InChI is InChI=1S/C17H19Cl/c1-11-7-5-8-15(12(11)2)13(3)16-9-6-10-17(18)14(16)4/h5-10,13H,1-4H3. The Balaban J connectivity index is 2.51. The van der Waals surface area contributed by atoms with Crippen molar-refractivity contribution in [2.75, 3.05) is 0 Å². The zero-order chi connectivity index (χ0) is 13.3. The molecule has 0 heterocycles. The van der Waals surface area contributed by atoms with Crippen LogP contribution in [0.25, 0.3) is 0 Å². The van der Waals surface area contributed by atoms with Crippen LogP contribution in [-0.2, 0) is 0 Å². The summed E-state index contributed by atoms with van der Waals surface area (Å²) in [4.78, 5) is 0. The van der Waals surface area contributed by atoms with Crippen LogP contribution in [0.5, 0.6) is 0 Å².